The number of sulfonamides is 1. The second kappa shape index (κ2) is 9.77. The summed E-state index contributed by atoms with van der Waals surface area (Å²) < 4.78 is 48.1. The zero-order valence-corrected chi connectivity index (χ0v) is 21.9. The van der Waals surface area contributed by atoms with Crippen molar-refractivity contribution >= 4 is 49.3 Å². The van der Waals surface area contributed by atoms with Crippen molar-refractivity contribution in [3.8, 4) is 16.9 Å². The SMILES string of the molecule is Cc1cc(Cl)cc(-c2ccnc3cc(CN4CCCCS4(=O)=O)sc23)c1O[C@@H]1CN(C(=O)O)C[C@@H]1F. The molecule has 5 rings (SSSR count). The topological polar surface area (TPSA) is 100 Å². The third-order valence-electron chi connectivity index (χ3n) is 6.52. The highest BCUT2D eigenvalue weighted by molar-refractivity contribution is 7.89. The molecule has 0 bridgehead atoms. The largest absolute Gasteiger partial charge is 0.485 e. The average molecular weight is 554 g/mol. The number of nitrogens with zero attached hydrogens (tertiary/aromatic N) is 3. The number of halogens is 2. The Hall–Kier alpha value is -2.47. The Kier molecular flexibility index (Phi) is 6.84. The maximum absolute atomic E-state index is 14.7. The van der Waals surface area contributed by atoms with E-state index in [1.807, 2.05) is 12.1 Å². The van der Waals surface area contributed by atoms with Crippen LogP contribution in [0.5, 0.6) is 5.75 Å². The van der Waals surface area contributed by atoms with Crippen molar-refractivity contribution in [2.24, 2.45) is 0 Å². The molecule has 2 atom stereocenters. The number of likely N-dealkylation sites (tertiary alicyclic amines) is 1. The highest BCUT2D eigenvalue weighted by Crippen LogP contribution is 2.42. The molecule has 8 nitrogen and oxygen atoms in total. The van der Waals surface area contributed by atoms with E-state index >= 15 is 0 Å². The summed E-state index contributed by atoms with van der Waals surface area (Å²) in [6, 6.07) is 7.18. The van der Waals surface area contributed by atoms with Gasteiger partial charge < -0.3 is 14.7 Å². The van der Waals surface area contributed by atoms with Crippen molar-refractivity contribution < 1.29 is 27.4 Å². The van der Waals surface area contributed by atoms with E-state index in [1.54, 1.807) is 25.3 Å². The minimum atomic E-state index is -3.27. The molecule has 2 aliphatic rings. The molecule has 1 amide bonds. The molecule has 2 saturated heterocycles. The van der Waals surface area contributed by atoms with Gasteiger partial charge in [0.15, 0.2) is 6.17 Å². The standard InChI is InChI=1S/C24H25ClFN3O5S2/c1-14-8-15(25)9-18(22(14)34-21-13-28(24(30)31)12-19(21)26)17-4-5-27-20-10-16(35-23(17)20)11-29-6-2-3-7-36(29,32)33/h4-5,8-10,19,21H,2-3,6-7,11-13H2,1H3,(H,30,31)/t19-,21+/m0/s1. The van der Waals surface area contributed by atoms with Gasteiger partial charge in [-0.25, -0.2) is 17.6 Å². The number of hydrogen-bond acceptors (Lipinski definition) is 6. The van der Waals surface area contributed by atoms with E-state index in [0.29, 0.717) is 40.4 Å². The number of hydrogen-bond donors (Lipinski definition) is 1. The lowest BCUT2D eigenvalue weighted by Gasteiger charge is -2.25. The fraction of sp³-hybridized carbons (Fsp3) is 0.417. The maximum Gasteiger partial charge on any atom is 0.407 e. The van der Waals surface area contributed by atoms with E-state index in [2.05, 4.69) is 4.98 Å². The molecule has 192 valence electrons. The van der Waals surface area contributed by atoms with Crippen LogP contribution < -0.4 is 4.74 Å². The molecular weight excluding hydrogens is 529 g/mol. The molecule has 4 heterocycles. The van der Waals surface area contributed by atoms with Crippen molar-refractivity contribution in [1.82, 2.24) is 14.2 Å². The van der Waals surface area contributed by atoms with Crippen molar-refractivity contribution in [3.05, 3.63) is 45.9 Å². The molecule has 0 unspecified atom stereocenters. The molecule has 2 aliphatic heterocycles. The van der Waals surface area contributed by atoms with Crippen LogP contribution in [0.3, 0.4) is 0 Å². The second-order valence-corrected chi connectivity index (χ2v) is 12.8. The number of alkyl halides is 1. The second-order valence-electron chi connectivity index (χ2n) is 9.10. The molecule has 0 saturated carbocycles. The third-order valence-corrected chi connectivity index (χ3v) is 9.78. The van der Waals surface area contributed by atoms with Crippen molar-refractivity contribution in [1.29, 1.82) is 0 Å². The number of carboxylic acid groups (broad SMARTS) is 1. The molecule has 12 heteroatoms. The summed E-state index contributed by atoms with van der Waals surface area (Å²) in [5.74, 6) is 0.597. The van der Waals surface area contributed by atoms with Crippen LogP contribution in [-0.2, 0) is 16.6 Å². The fourth-order valence-electron chi connectivity index (χ4n) is 4.71. The molecule has 0 radical (unpaired) electrons. The average Bonchev–Trinajstić information content (AvgIpc) is 3.39. The highest BCUT2D eigenvalue weighted by atomic mass is 35.5. The van der Waals surface area contributed by atoms with E-state index in [0.717, 1.165) is 26.5 Å². The Labute approximate surface area is 217 Å². The van der Waals surface area contributed by atoms with Crippen molar-refractivity contribution in [3.63, 3.8) is 0 Å². The number of benzene rings is 1. The highest BCUT2D eigenvalue weighted by Gasteiger charge is 2.38. The Bertz CT molecular complexity index is 1430. The first-order valence-electron chi connectivity index (χ1n) is 11.6. The molecule has 2 aromatic heterocycles. The van der Waals surface area contributed by atoms with Crippen LogP contribution in [0.15, 0.2) is 30.5 Å². The normalized spacial score (nSPS) is 22.2. The molecule has 36 heavy (non-hydrogen) atoms. The smallest absolute Gasteiger partial charge is 0.407 e. The van der Waals surface area contributed by atoms with Crippen LogP contribution in [-0.4, -0.2) is 71.5 Å². The van der Waals surface area contributed by atoms with Crippen LogP contribution in [0.1, 0.15) is 23.3 Å². The van der Waals surface area contributed by atoms with Crippen LogP contribution in [0.2, 0.25) is 5.02 Å². The lowest BCUT2D eigenvalue weighted by Crippen LogP contribution is -2.36. The summed E-state index contributed by atoms with van der Waals surface area (Å²) in [6.45, 7) is 2.28. The lowest BCUT2D eigenvalue weighted by atomic mass is 10.0. The van der Waals surface area contributed by atoms with Crippen molar-refractivity contribution in [2.75, 3.05) is 25.4 Å². The number of thiophene rings is 1. The number of aryl methyl sites for hydroxylation is 1. The van der Waals surface area contributed by atoms with Gasteiger partial charge in [0.1, 0.15) is 11.9 Å². The molecule has 0 spiro atoms. The first-order chi connectivity index (χ1) is 17.1. The zero-order valence-electron chi connectivity index (χ0n) is 19.5. The van der Waals surface area contributed by atoms with Gasteiger partial charge in [-0.1, -0.05) is 11.6 Å². The summed E-state index contributed by atoms with van der Waals surface area (Å²) in [5, 5.41) is 9.73. The predicted molar refractivity (Wildman–Crippen MR) is 137 cm³/mol. The number of carbonyl (C=O) groups is 1. The number of fused-ring (bicyclic) bond motifs is 1. The minimum absolute atomic E-state index is 0.0722. The maximum atomic E-state index is 14.7. The first kappa shape index (κ1) is 25.2. The van der Waals surface area contributed by atoms with Gasteiger partial charge in [-0.3, -0.25) is 4.98 Å². The minimum Gasteiger partial charge on any atom is -0.485 e. The van der Waals surface area contributed by atoms with Gasteiger partial charge in [-0.05, 0) is 49.6 Å². The molecule has 3 aromatic rings. The third kappa shape index (κ3) is 4.89. The van der Waals surface area contributed by atoms with E-state index in [4.69, 9.17) is 16.3 Å². The number of pyridine rings is 1. The Morgan fingerprint density at radius 2 is 2.08 bits per heavy atom. The first-order valence-corrected chi connectivity index (χ1v) is 14.4. The van der Waals surface area contributed by atoms with Gasteiger partial charge in [0.05, 0.1) is 29.1 Å². The van der Waals surface area contributed by atoms with Crippen molar-refractivity contribution in [2.45, 2.75) is 38.6 Å². The summed E-state index contributed by atoms with van der Waals surface area (Å²) in [5.41, 5.74) is 2.83. The molecule has 1 aromatic carbocycles. The summed E-state index contributed by atoms with van der Waals surface area (Å²) in [6.07, 6.45) is -0.410. The summed E-state index contributed by atoms with van der Waals surface area (Å²) >= 11 is 7.85. The zero-order chi connectivity index (χ0) is 25.6. The van der Waals surface area contributed by atoms with Gasteiger partial charge in [0.25, 0.3) is 0 Å². The van der Waals surface area contributed by atoms with Crippen LogP contribution in [0, 0.1) is 6.92 Å². The van der Waals surface area contributed by atoms with Gasteiger partial charge in [-0.2, -0.15) is 4.31 Å². The summed E-state index contributed by atoms with van der Waals surface area (Å²) in [7, 11) is -3.27. The van der Waals surface area contributed by atoms with E-state index in [1.165, 1.54) is 15.6 Å². The fourth-order valence-corrected chi connectivity index (χ4v) is 7.79. The predicted octanol–water partition coefficient (Wildman–Crippen LogP) is 4.93. The molecule has 1 N–H and O–H groups in total. The molecule has 0 aliphatic carbocycles. The molecule has 2 fully saturated rings. The lowest BCUT2D eigenvalue weighted by molar-refractivity contribution is 0.135. The van der Waals surface area contributed by atoms with Crippen LogP contribution >= 0.6 is 22.9 Å². The monoisotopic (exact) mass is 553 g/mol. The number of amides is 1. The van der Waals surface area contributed by atoms with E-state index in [9.17, 15) is 22.7 Å². The number of rotatable bonds is 5. The van der Waals surface area contributed by atoms with Gasteiger partial charge in [0, 0.05) is 40.3 Å². The van der Waals surface area contributed by atoms with E-state index in [-0.39, 0.29) is 25.4 Å². The molecular formula is C24H25ClFN3O5S2. The van der Waals surface area contributed by atoms with Gasteiger partial charge >= 0.3 is 6.09 Å². The van der Waals surface area contributed by atoms with Gasteiger partial charge in [-0.15, -0.1) is 11.3 Å². The Morgan fingerprint density at radius 3 is 2.81 bits per heavy atom. The van der Waals surface area contributed by atoms with Crippen LogP contribution in [0.25, 0.3) is 21.3 Å². The quantitative estimate of drug-likeness (QED) is 0.481. The van der Waals surface area contributed by atoms with E-state index < -0.39 is 28.4 Å². The number of aromatic nitrogens is 1. The van der Waals surface area contributed by atoms with Crippen LogP contribution in [0.4, 0.5) is 9.18 Å². The Balaban J connectivity index is 1.52. The van der Waals surface area contributed by atoms with Gasteiger partial charge in [0.2, 0.25) is 10.0 Å². The Morgan fingerprint density at radius 1 is 1.28 bits per heavy atom. The number of ether oxygens (including phenoxy) is 1. The summed E-state index contributed by atoms with van der Waals surface area (Å²) in [4.78, 5) is 17.7.